The SMILES string of the molecule is CCc1ccc(CS(=O)C(C)CCN)s1. The molecule has 0 amide bonds. The summed E-state index contributed by atoms with van der Waals surface area (Å²) in [6.45, 7) is 4.78. The Morgan fingerprint density at radius 1 is 1.47 bits per heavy atom. The van der Waals surface area contributed by atoms with Gasteiger partial charge in [-0.2, -0.15) is 0 Å². The number of rotatable bonds is 6. The van der Waals surface area contributed by atoms with Crippen LogP contribution in [0, 0.1) is 0 Å². The van der Waals surface area contributed by atoms with Crippen LogP contribution in [0.25, 0.3) is 0 Å². The van der Waals surface area contributed by atoms with Crippen LogP contribution in [0.15, 0.2) is 12.1 Å². The minimum absolute atomic E-state index is 0.210. The van der Waals surface area contributed by atoms with E-state index in [9.17, 15) is 4.21 Å². The van der Waals surface area contributed by atoms with Gasteiger partial charge in [-0.25, -0.2) is 0 Å². The third-order valence-corrected chi connectivity index (χ3v) is 5.51. The van der Waals surface area contributed by atoms with E-state index in [0.29, 0.717) is 12.3 Å². The van der Waals surface area contributed by atoms with Gasteiger partial charge in [0.05, 0.1) is 5.75 Å². The first-order valence-corrected chi connectivity index (χ1v) is 7.52. The van der Waals surface area contributed by atoms with Crippen molar-refractivity contribution in [1.82, 2.24) is 0 Å². The van der Waals surface area contributed by atoms with E-state index in [1.165, 1.54) is 9.75 Å². The number of thiophene rings is 1. The molecule has 2 nitrogen and oxygen atoms in total. The van der Waals surface area contributed by atoms with E-state index in [0.717, 1.165) is 12.8 Å². The summed E-state index contributed by atoms with van der Waals surface area (Å²) >= 11 is 1.77. The van der Waals surface area contributed by atoms with Gasteiger partial charge in [0.1, 0.15) is 0 Å². The Morgan fingerprint density at radius 2 is 2.13 bits per heavy atom. The molecule has 1 aromatic rings. The summed E-state index contributed by atoms with van der Waals surface area (Å²) in [5.74, 6) is 0.686. The van der Waals surface area contributed by atoms with Crippen molar-refractivity contribution >= 4 is 22.1 Å². The topological polar surface area (TPSA) is 43.1 Å². The van der Waals surface area contributed by atoms with Crippen LogP contribution < -0.4 is 5.73 Å². The predicted molar refractivity (Wildman–Crippen MR) is 68.7 cm³/mol. The Bertz CT molecular complexity index is 322. The first-order chi connectivity index (χ1) is 7.17. The Labute approximate surface area is 98.3 Å². The molecule has 1 rings (SSSR count). The highest BCUT2D eigenvalue weighted by atomic mass is 32.2. The molecule has 86 valence electrons. The van der Waals surface area contributed by atoms with Crippen molar-refractivity contribution < 1.29 is 4.21 Å². The van der Waals surface area contributed by atoms with Crippen molar-refractivity contribution in [3.8, 4) is 0 Å². The lowest BCUT2D eigenvalue weighted by Crippen LogP contribution is -2.16. The standard InChI is InChI=1S/C11H19NOS2/c1-3-10-4-5-11(14-10)8-15(13)9(2)6-7-12/h4-5,9H,3,6-8,12H2,1-2H3. The first kappa shape index (κ1) is 12.9. The monoisotopic (exact) mass is 245 g/mol. The summed E-state index contributed by atoms with van der Waals surface area (Å²) in [6.07, 6.45) is 1.91. The van der Waals surface area contributed by atoms with Gasteiger partial charge >= 0.3 is 0 Å². The predicted octanol–water partition coefficient (Wildman–Crippen LogP) is 2.30. The van der Waals surface area contributed by atoms with E-state index in [1.807, 2.05) is 6.92 Å². The maximum Gasteiger partial charge on any atom is 0.0582 e. The van der Waals surface area contributed by atoms with E-state index in [2.05, 4.69) is 19.1 Å². The fourth-order valence-electron chi connectivity index (χ4n) is 1.34. The molecule has 0 bridgehead atoms. The van der Waals surface area contributed by atoms with Gasteiger partial charge in [-0.3, -0.25) is 4.21 Å². The van der Waals surface area contributed by atoms with Crippen LogP contribution in [-0.2, 0) is 23.0 Å². The van der Waals surface area contributed by atoms with E-state index in [1.54, 1.807) is 11.3 Å². The van der Waals surface area contributed by atoms with Gasteiger partial charge in [-0.1, -0.05) is 13.8 Å². The van der Waals surface area contributed by atoms with Crippen LogP contribution in [0.3, 0.4) is 0 Å². The normalized spacial score (nSPS) is 15.1. The zero-order valence-electron chi connectivity index (χ0n) is 9.36. The zero-order valence-corrected chi connectivity index (χ0v) is 11.0. The third-order valence-electron chi connectivity index (χ3n) is 2.37. The second kappa shape index (κ2) is 6.40. The first-order valence-electron chi connectivity index (χ1n) is 5.32. The van der Waals surface area contributed by atoms with Crippen LogP contribution in [0.5, 0.6) is 0 Å². The van der Waals surface area contributed by atoms with Gasteiger partial charge < -0.3 is 5.73 Å². The van der Waals surface area contributed by atoms with Crippen LogP contribution >= 0.6 is 11.3 Å². The van der Waals surface area contributed by atoms with Crippen molar-refractivity contribution in [1.29, 1.82) is 0 Å². The fourth-order valence-corrected chi connectivity index (χ4v) is 3.74. The van der Waals surface area contributed by atoms with Crippen LogP contribution in [0.1, 0.15) is 30.0 Å². The highest BCUT2D eigenvalue weighted by Gasteiger charge is 2.11. The average Bonchev–Trinajstić information content (AvgIpc) is 2.66. The molecule has 0 aliphatic rings. The van der Waals surface area contributed by atoms with Gasteiger partial charge in [0.2, 0.25) is 0 Å². The van der Waals surface area contributed by atoms with E-state index < -0.39 is 10.8 Å². The fraction of sp³-hybridized carbons (Fsp3) is 0.636. The maximum atomic E-state index is 11.9. The lowest BCUT2D eigenvalue weighted by Gasteiger charge is -2.08. The van der Waals surface area contributed by atoms with Crippen LogP contribution in [0.4, 0.5) is 0 Å². The lowest BCUT2D eigenvalue weighted by molar-refractivity contribution is 0.666. The summed E-state index contributed by atoms with van der Waals surface area (Å²) in [5, 5.41) is 0.210. The minimum Gasteiger partial charge on any atom is -0.330 e. The Hall–Kier alpha value is -0.190. The van der Waals surface area contributed by atoms with E-state index in [-0.39, 0.29) is 5.25 Å². The Balaban J connectivity index is 2.50. The average molecular weight is 245 g/mol. The van der Waals surface area contributed by atoms with Gasteiger partial charge in [-0.15, -0.1) is 11.3 Å². The number of aryl methyl sites for hydroxylation is 1. The molecule has 1 heterocycles. The molecule has 0 spiro atoms. The smallest absolute Gasteiger partial charge is 0.0582 e. The van der Waals surface area contributed by atoms with E-state index >= 15 is 0 Å². The van der Waals surface area contributed by atoms with Crippen molar-refractivity contribution in [2.45, 2.75) is 37.7 Å². The molecule has 0 fully saturated rings. The zero-order chi connectivity index (χ0) is 11.3. The summed E-state index contributed by atoms with van der Waals surface area (Å²) < 4.78 is 11.9. The lowest BCUT2D eigenvalue weighted by atomic mass is 10.3. The van der Waals surface area contributed by atoms with Gasteiger partial charge in [0.15, 0.2) is 0 Å². The highest BCUT2D eigenvalue weighted by Crippen LogP contribution is 2.19. The number of nitrogens with two attached hydrogens (primary N) is 1. The second-order valence-electron chi connectivity index (χ2n) is 3.63. The maximum absolute atomic E-state index is 11.9. The molecule has 2 N–H and O–H groups in total. The van der Waals surface area contributed by atoms with Crippen molar-refractivity contribution in [3.05, 3.63) is 21.9 Å². The largest absolute Gasteiger partial charge is 0.330 e. The minimum atomic E-state index is -0.774. The van der Waals surface area contributed by atoms with Crippen molar-refractivity contribution in [2.24, 2.45) is 5.73 Å². The summed E-state index contributed by atoms with van der Waals surface area (Å²) in [6, 6.07) is 4.22. The molecule has 1 aromatic heterocycles. The van der Waals surface area contributed by atoms with Crippen molar-refractivity contribution in [2.75, 3.05) is 6.54 Å². The molecule has 2 atom stereocenters. The van der Waals surface area contributed by atoms with Crippen LogP contribution in [0.2, 0.25) is 0 Å². The Morgan fingerprint density at radius 3 is 2.67 bits per heavy atom. The molecule has 0 radical (unpaired) electrons. The molecule has 4 heteroatoms. The summed E-state index contributed by atoms with van der Waals surface area (Å²) in [4.78, 5) is 2.60. The van der Waals surface area contributed by atoms with Gasteiger partial charge in [-0.05, 0) is 31.5 Å². The van der Waals surface area contributed by atoms with E-state index in [4.69, 9.17) is 5.73 Å². The van der Waals surface area contributed by atoms with Crippen molar-refractivity contribution in [3.63, 3.8) is 0 Å². The molecule has 15 heavy (non-hydrogen) atoms. The van der Waals surface area contributed by atoms with Crippen LogP contribution in [-0.4, -0.2) is 16.0 Å². The molecule has 0 saturated heterocycles. The quantitative estimate of drug-likeness (QED) is 0.835. The number of hydrogen-bond donors (Lipinski definition) is 1. The molecule has 0 aliphatic heterocycles. The summed E-state index contributed by atoms with van der Waals surface area (Å²) in [5.41, 5.74) is 5.45. The van der Waals surface area contributed by atoms with Gasteiger partial charge in [0, 0.05) is 25.8 Å². The molecule has 0 aliphatic carbocycles. The molecule has 2 unspecified atom stereocenters. The second-order valence-corrected chi connectivity index (χ2v) is 6.74. The molecular weight excluding hydrogens is 226 g/mol. The third kappa shape index (κ3) is 4.05. The molecule has 0 aromatic carbocycles. The highest BCUT2D eigenvalue weighted by molar-refractivity contribution is 7.85. The molecule has 0 saturated carbocycles. The molecular formula is C11H19NOS2. The Kier molecular flexibility index (Phi) is 5.50. The number of hydrogen-bond acceptors (Lipinski definition) is 3. The summed E-state index contributed by atoms with van der Waals surface area (Å²) in [7, 11) is -0.774. The van der Waals surface area contributed by atoms with Gasteiger partial charge in [0.25, 0.3) is 0 Å².